The number of carbonyl (C=O) groups is 1. The fourth-order valence-corrected chi connectivity index (χ4v) is 3.87. The highest BCUT2D eigenvalue weighted by Crippen LogP contribution is 2.29. The first-order valence-electron chi connectivity index (χ1n) is 10.7. The van der Waals surface area contributed by atoms with Crippen molar-refractivity contribution in [2.24, 2.45) is 0 Å². The minimum atomic E-state index is -0.131. The maximum Gasteiger partial charge on any atom is 0.256 e. The van der Waals surface area contributed by atoms with Crippen LogP contribution in [0.1, 0.15) is 41.3 Å². The van der Waals surface area contributed by atoms with E-state index in [4.69, 9.17) is 4.74 Å². The van der Waals surface area contributed by atoms with Gasteiger partial charge in [0.15, 0.2) is 0 Å². The van der Waals surface area contributed by atoms with E-state index in [1.165, 1.54) is 11.1 Å². The summed E-state index contributed by atoms with van der Waals surface area (Å²) in [6, 6.07) is 21.2. The van der Waals surface area contributed by atoms with Crippen molar-refractivity contribution in [1.82, 2.24) is 4.98 Å². The number of rotatable bonds is 6. The monoisotopic (exact) mass is 425 g/mol. The maximum absolute atomic E-state index is 13.0. The molecule has 1 aromatic heterocycles. The molecule has 0 saturated carbocycles. The molecule has 4 aromatic rings. The van der Waals surface area contributed by atoms with Gasteiger partial charge >= 0.3 is 0 Å². The van der Waals surface area contributed by atoms with Crippen molar-refractivity contribution in [2.75, 3.05) is 17.7 Å². The van der Waals surface area contributed by atoms with Crippen molar-refractivity contribution in [3.63, 3.8) is 0 Å². The van der Waals surface area contributed by atoms with Gasteiger partial charge in [0.2, 0.25) is 0 Å². The van der Waals surface area contributed by atoms with Crippen molar-refractivity contribution in [3.05, 3.63) is 89.6 Å². The average molecular weight is 426 g/mol. The molecule has 4 rings (SSSR count). The van der Waals surface area contributed by atoms with Crippen LogP contribution in [0.25, 0.3) is 10.8 Å². The first-order valence-corrected chi connectivity index (χ1v) is 10.7. The summed E-state index contributed by atoms with van der Waals surface area (Å²) in [6.45, 7) is 6.42. The SMILES string of the molecule is CNc1cc(Oc2ccc3c(C(=O)Nc4ccc(C(C)C)c(C)c4)cccc3c2)ccn1. The maximum atomic E-state index is 13.0. The molecule has 1 heterocycles. The lowest BCUT2D eigenvalue weighted by Crippen LogP contribution is -2.12. The molecular weight excluding hydrogens is 398 g/mol. The van der Waals surface area contributed by atoms with Crippen LogP contribution in [0.4, 0.5) is 11.5 Å². The third-order valence-corrected chi connectivity index (χ3v) is 5.47. The molecule has 2 N–H and O–H groups in total. The van der Waals surface area contributed by atoms with E-state index in [0.717, 1.165) is 22.3 Å². The lowest BCUT2D eigenvalue weighted by atomic mass is 9.97. The largest absolute Gasteiger partial charge is 0.457 e. The average Bonchev–Trinajstić information content (AvgIpc) is 2.78. The zero-order valence-electron chi connectivity index (χ0n) is 18.8. The number of nitrogens with one attached hydrogen (secondary N) is 2. The highest BCUT2D eigenvalue weighted by Gasteiger charge is 2.12. The summed E-state index contributed by atoms with van der Waals surface area (Å²) in [5.74, 6) is 2.44. The molecule has 0 aliphatic carbocycles. The number of carbonyl (C=O) groups excluding carboxylic acids is 1. The number of hydrogen-bond donors (Lipinski definition) is 2. The molecule has 0 atom stereocenters. The number of hydrogen-bond acceptors (Lipinski definition) is 4. The molecule has 0 unspecified atom stereocenters. The third-order valence-electron chi connectivity index (χ3n) is 5.47. The van der Waals surface area contributed by atoms with Crippen LogP contribution in [0.15, 0.2) is 72.9 Å². The van der Waals surface area contributed by atoms with Gasteiger partial charge < -0.3 is 15.4 Å². The predicted octanol–water partition coefficient (Wildman–Crippen LogP) is 6.75. The van der Waals surface area contributed by atoms with Crippen molar-refractivity contribution in [3.8, 4) is 11.5 Å². The van der Waals surface area contributed by atoms with Gasteiger partial charge in [-0.25, -0.2) is 4.98 Å². The summed E-state index contributed by atoms with van der Waals surface area (Å²) < 4.78 is 5.99. The van der Waals surface area contributed by atoms with Crippen LogP contribution in [0, 0.1) is 6.92 Å². The van der Waals surface area contributed by atoms with E-state index in [-0.39, 0.29) is 5.91 Å². The van der Waals surface area contributed by atoms with Gasteiger partial charge in [-0.3, -0.25) is 4.79 Å². The molecule has 0 aliphatic rings. The number of pyridine rings is 1. The second-order valence-electron chi connectivity index (χ2n) is 8.10. The minimum absolute atomic E-state index is 0.131. The van der Waals surface area contributed by atoms with Gasteiger partial charge in [-0.05, 0) is 77.2 Å². The van der Waals surface area contributed by atoms with Crippen LogP contribution in [-0.4, -0.2) is 17.9 Å². The molecular formula is C27H27N3O2. The Balaban J connectivity index is 1.58. The Kier molecular flexibility index (Phi) is 6.08. The smallest absolute Gasteiger partial charge is 0.256 e. The second-order valence-corrected chi connectivity index (χ2v) is 8.10. The highest BCUT2D eigenvalue weighted by atomic mass is 16.5. The second kappa shape index (κ2) is 9.10. The zero-order valence-corrected chi connectivity index (χ0v) is 18.8. The summed E-state index contributed by atoms with van der Waals surface area (Å²) >= 11 is 0. The van der Waals surface area contributed by atoms with Crippen molar-refractivity contribution in [2.45, 2.75) is 26.7 Å². The number of ether oxygens (including phenoxy) is 1. The van der Waals surface area contributed by atoms with Gasteiger partial charge in [-0.1, -0.05) is 32.0 Å². The molecule has 0 radical (unpaired) electrons. The third kappa shape index (κ3) is 4.57. The van der Waals surface area contributed by atoms with E-state index in [2.05, 4.69) is 42.5 Å². The van der Waals surface area contributed by atoms with E-state index in [9.17, 15) is 4.79 Å². The quantitative estimate of drug-likeness (QED) is 0.358. The number of benzene rings is 3. The number of nitrogens with zero attached hydrogens (tertiary/aromatic N) is 1. The Morgan fingerprint density at radius 3 is 2.53 bits per heavy atom. The van der Waals surface area contributed by atoms with Crippen LogP contribution >= 0.6 is 0 Å². The number of aromatic nitrogens is 1. The Morgan fingerprint density at radius 2 is 1.78 bits per heavy atom. The molecule has 3 aromatic carbocycles. The molecule has 0 saturated heterocycles. The minimum Gasteiger partial charge on any atom is -0.457 e. The molecule has 32 heavy (non-hydrogen) atoms. The van der Waals surface area contributed by atoms with E-state index < -0.39 is 0 Å². The molecule has 5 heteroatoms. The summed E-state index contributed by atoms with van der Waals surface area (Å²) in [5.41, 5.74) is 3.89. The molecule has 0 bridgehead atoms. The molecule has 0 fully saturated rings. The number of amides is 1. The van der Waals surface area contributed by atoms with Crippen LogP contribution in [0.3, 0.4) is 0 Å². The van der Waals surface area contributed by atoms with Crippen molar-refractivity contribution >= 4 is 28.2 Å². The lowest BCUT2D eigenvalue weighted by Gasteiger charge is -2.13. The Hall–Kier alpha value is -3.86. The zero-order chi connectivity index (χ0) is 22.7. The highest BCUT2D eigenvalue weighted by molar-refractivity contribution is 6.13. The van der Waals surface area contributed by atoms with Gasteiger partial charge in [-0.15, -0.1) is 0 Å². The molecule has 0 spiro atoms. The number of anilines is 2. The summed E-state index contributed by atoms with van der Waals surface area (Å²) in [6.07, 6.45) is 1.69. The Labute approximate surface area is 188 Å². The van der Waals surface area contributed by atoms with Gasteiger partial charge in [0.1, 0.15) is 17.3 Å². The van der Waals surface area contributed by atoms with Gasteiger partial charge in [0, 0.05) is 30.6 Å². The topological polar surface area (TPSA) is 63.2 Å². The Bertz CT molecular complexity index is 1280. The Morgan fingerprint density at radius 1 is 0.969 bits per heavy atom. The standard InChI is InChI=1S/C27H27N3O2/c1-17(2)23-10-8-20(14-18(23)3)30-27(31)25-7-5-6-19-15-21(9-11-24(19)25)32-22-12-13-29-26(16-22)28-4/h5-17H,1-4H3,(H,28,29)(H,30,31). The van der Waals surface area contributed by atoms with E-state index in [1.54, 1.807) is 12.3 Å². The molecule has 1 amide bonds. The normalized spacial score (nSPS) is 10.9. The fraction of sp³-hybridized carbons (Fsp3) is 0.185. The van der Waals surface area contributed by atoms with Crippen LogP contribution in [0.2, 0.25) is 0 Å². The lowest BCUT2D eigenvalue weighted by molar-refractivity contribution is 0.102. The van der Waals surface area contributed by atoms with Crippen LogP contribution < -0.4 is 15.4 Å². The van der Waals surface area contributed by atoms with Gasteiger partial charge in [-0.2, -0.15) is 0 Å². The van der Waals surface area contributed by atoms with Gasteiger partial charge in [0.25, 0.3) is 5.91 Å². The summed E-state index contributed by atoms with van der Waals surface area (Å²) in [4.78, 5) is 17.2. The number of fused-ring (bicyclic) bond motifs is 1. The van der Waals surface area contributed by atoms with Crippen LogP contribution in [0.5, 0.6) is 11.5 Å². The summed E-state index contributed by atoms with van der Waals surface area (Å²) in [5, 5.41) is 7.85. The number of aryl methyl sites for hydroxylation is 1. The van der Waals surface area contributed by atoms with E-state index >= 15 is 0 Å². The fourth-order valence-electron chi connectivity index (χ4n) is 3.87. The molecule has 162 valence electrons. The first-order chi connectivity index (χ1) is 15.4. The van der Waals surface area contributed by atoms with Crippen molar-refractivity contribution in [1.29, 1.82) is 0 Å². The van der Waals surface area contributed by atoms with E-state index in [0.29, 0.717) is 23.0 Å². The van der Waals surface area contributed by atoms with E-state index in [1.807, 2.05) is 61.6 Å². The first kappa shape index (κ1) is 21.4. The predicted molar refractivity (Wildman–Crippen MR) is 131 cm³/mol. The summed E-state index contributed by atoms with van der Waals surface area (Å²) in [7, 11) is 1.81. The van der Waals surface area contributed by atoms with Crippen molar-refractivity contribution < 1.29 is 9.53 Å². The van der Waals surface area contributed by atoms with Crippen LogP contribution in [-0.2, 0) is 0 Å². The molecule has 0 aliphatic heterocycles. The van der Waals surface area contributed by atoms with Gasteiger partial charge in [0.05, 0.1) is 0 Å². The molecule has 5 nitrogen and oxygen atoms in total.